The Morgan fingerprint density at radius 1 is 0.418 bits per heavy atom. The summed E-state index contributed by atoms with van der Waals surface area (Å²) in [7, 11) is 0. The lowest BCUT2D eigenvalue weighted by atomic mass is 9.89. The molecule has 0 saturated heterocycles. The van der Waals surface area contributed by atoms with Crippen molar-refractivity contribution < 1.29 is 4.42 Å². The predicted molar refractivity (Wildman–Crippen MR) is 228 cm³/mol. The second kappa shape index (κ2) is 12.8. The van der Waals surface area contributed by atoms with E-state index < -0.39 is 0 Å². The smallest absolute Gasteiger partial charge is 0.144 e. The van der Waals surface area contributed by atoms with Gasteiger partial charge in [-0.2, -0.15) is 0 Å². The van der Waals surface area contributed by atoms with Gasteiger partial charge in [0.05, 0.1) is 0 Å². The maximum atomic E-state index is 6.85. The van der Waals surface area contributed by atoms with Crippen LogP contribution in [-0.2, 0) is 0 Å². The average Bonchev–Trinajstić information content (AvgIpc) is 3.66. The fourth-order valence-corrected chi connectivity index (χ4v) is 8.52. The van der Waals surface area contributed by atoms with E-state index in [2.05, 4.69) is 193 Å². The standard InChI is InChI=1S/C51H35N3O/c1-3-14-32(15-4-1)33-26-28-35(29-27-33)50-52-49(34-16-5-2-6-17-34)53-51(54-50)37-19-13-18-36(30-37)43-31-44-40-22-8-7-20-38(40)39-21-9-10-23-41(39)46(44)48-47(43)42-24-11-12-25-45(42)55-48/h1-31,50-51,54H,(H,52,53). The molecule has 9 aromatic carbocycles. The molecular formula is C51H35N3O. The molecule has 0 saturated carbocycles. The van der Waals surface area contributed by atoms with Crippen molar-refractivity contribution in [1.29, 1.82) is 0 Å². The largest absolute Gasteiger partial charge is 0.455 e. The van der Waals surface area contributed by atoms with Crippen molar-refractivity contribution in [2.45, 2.75) is 12.3 Å². The van der Waals surface area contributed by atoms with Gasteiger partial charge in [-0.15, -0.1) is 0 Å². The Hall–Kier alpha value is -7.01. The molecule has 0 bridgehead atoms. The summed E-state index contributed by atoms with van der Waals surface area (Å²) in [5, 5.41) is 17.0. The Morgan fingerprint density at radius 2 is 1.00 bits per heavy atom. The van der Waals surface area contributed by atoms with Crippen LogP contribution in [0.5, 0.6) is 0 Å². The molecule has 260 valence electrons. The first-order valence-electron chi connectivity index (χ1n) is 18.9. The molecule has 1 aliphatic rings. The van der Waals surface area contributed by atoms with E-state index in [-0.39, 0.29) is 12.3 Å². The summed E-state index contributed by atoms with van der Waals surface area (Å²) in [4.78, 5) is 5.30. The number of para-hydroxylation sites is 1. The van der Waals surface area contributed by atoms with Crippen molar-refractivity contribution in [3.8, 4) is 22.3 Å². The third kappa shape index (κ3) is 5.30. The molecule has 0 amide bonds. The van der Waals surface area contributed by atoms with Crippen molar-refractivity contribution in [2.24, 2.45) is 4.99 Å². The van der Waals surface area contributed by atoms with Gasteiger partial charge in [0.25, 0.3) is 0 Å². The molecule has 1 aromatic heterocycles. The molecule has 2 heterocycles. The average molecular weight is 706 g/mol. The number of benzene rings is 9. The number of furan rings is 1. The first kappa shape index (κ1) is 31.5. The fraction of sp³-hybridized carbons (Fsp3) is 0.0392. The van der Waals surface area contributed by atoms with E-state index in [1.165, 1.54) is 38.1 Å². The molecule has 2 N–H and O–H groups in total. The number of rotatable bonds is 5. The van der Waals surface area contributed by atoms with Gasteiger partial charge in [0.1, 0.15) is 29.3 Å². The molecule has 2 atom stereocenters. The monoisotopic (exact) mass is 705 g/mol. The van der Waals surface area contributed by atoms with Crippen LogP contribution in [0.25, 0.3) is 76.5 Å². The molecule has 0 aliphatic carbocycles. The lowest BCUT2D eigenvalue weighted by Crippen LogP contribution is -2.44. The van der Waals surface area contributed by atoms with Gasteiger partial charge in [0.2, 0.25) is 0 Å². The molecule has 55 heavy (non-hydrogen) atoms. The molecule has 11 rings (SSSR count). The van der Waals surface area contributed by atoms with Gasteiger partial charge in [0.15, 0.2) is 0 Å². The number of hydrogen-bond donors (Lipinski definition) is 2. The SMILES string of the molecule is c1ccc(C2=NC(c3cccc(-c4cc5c6ccccc6c6ccccc6c5c5oc6ccccc6c45)c3)NC(c3ccc(-c4ccccc4)cc3)N2)cc1. The number of fused-ring (bicyclic) bond motifs is 10. The molecule has 2 unspecified atom stereocenters. The van der Waals surface area contributed by atoms with Gasteiger partial charge in [-0.1, -0.05) is 170 Å². The van der Waals surface area contributed by atoms with Crippen LogP contribution in [-0.4, -0.2) is 5.84 Å². The van der Waals surface area contributed by atoms with Crippen molar-refractivity contribution in [1.82, 2.24) is 10.6 Å². The van der Waals surface area contributed by atoms with E-state index in [0.29, 0.717) is 0 Å². The van der Waals surface area contributed by atoms with Gasteiger partial charge in [-0.05, 0) is 78.5 Å². The van der Waals surface area contributed by atoms with E-state index in [9.17, 15) is 0 Å². The highest BCUT2D eigenvalue weighted by Crippen LogP contribution is 2.46. The van der Waals surface area contributed by atoms with Crippen LogP contribution in [0.4, 0.5) is 0 Å². The Labute approximate surface area is 318 Å². The molecular weight excluding hydrogens is 671 g/mol. The summed E-state index contributed by atoms with van der Waals surface area (Å²) in [6.07, 6.45) is -0.451. The van der Waals surface area contributed by atoms with Crippen molar-refractivity contribution in [2.75, 3.05) is 0 Å². The van der Waals surface area contributed by atoms with Crippen molar-refractivity contribution in [3.63, 3.8) is 0 Å². The van der Waals surface area contributed by atoms with Crippen LogP contribution in [0.3, 0.4) is 0 Å². The third-order valence-electron chi connectivity index (χ3n) is 11.1. The summed E-state index contributed by atoms with van der Waals surface area (Å²) in [5.41, 5.74) is 9.74. The van der Waals surface area contributed by atoms with Gasteiger partial charge in [-0.3, -0.25) is 5.32 Å². The van der Waals surface area contributed by atoms with Gasteiger partial charge in [-0.25, -0.2) is 4.99 Å². The number of nitrogens with one attached hydrogen (secondary N) is 2. The van der Waals surface area contributed by atoms with Crippen molar-refractivity contribution in [3.05, 3.63) is 205 Å². The van der Waals surface area contributed by atoms with Gasteiger partial charge < -0.3 is 9.73 Å². The second-order valence-corrected chi connectivity index (χ2v) is 14.3. The molecule has 4 nitrogen and oxygen atoms in total. The van der Waals surface area contributed by atoms with Crippen LogP contribution in [0.15, 0.2) is 197 Å². The maximum absolute atomic E-state index is 6.85. The molecule has 0 spiro atoms. The molecule has 4 heteroatoms. The minimum Gasteiger partial charge on any atom is -0.455 e. The number of amidine groups is 1. The zero-order valence-corrected chi connectivity index (χ0v) is 29.9. The van der Waals surface area contributed by atoms with Gasteiger partial charge >= 0.3 is 0 Å². The summed E-state index contributed by atoms with van der Waals surface area (Å²) in [5.74, 6) is 0.860. The highest BCUT2D eigenvalue weighted by atomic mass is 16.3. The fourth-order valence-electron chi connectivity index (χ4n) is 8.52. The number of hydrogen-bond acceptors (Lipinski definition) is 4. The Bertz CT molecular complexity index is 3090. The highest BCUT2D eigenvalue weighted by molar-refractivity contribution is 6.34. The second-order valence-electron chi connectivity index (χ2n) is 14.3. The quantitative estimate of drug-likeness (QED) is 0.175. The van der Waals surface area contributed by atoms with Crippen LogP contribution in [0.1, 0.15) is 29.0 Å². The highest BCUT2D eigenvalue weighted by Gasteiger charge is 2.27. The summed E-state index contributed by atoms with van der Waals surface area (Å²) in [6, 6.07) is 66.8. The lowest BCUT2D eigenvalue weighted by Gasteiger charge is -2.32. The normalized spacial score (nSPS) is 15.8. The molecule has 0 radical (unpaired) electrons. The van der Waals surface area contributed by atoms with Crippen LogP contribution >= 0.6 is 0 Å². The van der Waals surface area contributed by atoms with E-state index in [0.717, 1.165) is 61.0 Å². The third-order valence-corrected chi connectivity index (χ3v) is 11.1. The summed E-state index contributed by atoms with van der Waals surface area (Å²) in [6.45, 7) is 0. The summed E-state index contributed by atoms with van der Waals surface area (Å²) < 4.78 is 6.85. The maximum Gasteiger partial charge on any atom is 0.144 e. The Morgan fingerprint density at radius 3 is 1.75 bits per heavy atom. The molecule has 1 aliphatic heterocycles. The van der Waals surface area contributed by atoms with Crippen LogP contribution < -0.4 is 10.6 Å². The minimum absolute atomic E-state index is 0.156. The zero-order valence-electron chi connectivity index (χ0n) is 29.9. The first-order chi connectivity index (χ1) is 27.3. The van der Waals surface area contributed by atoms with Crippen molar-refractivity contribution >= 4 is 60.1 Å². The predicted octanol–water partition coefficient (Wildman–Crippen LogP) is 12.7. The molecule has 0 fully saturated rings. The molecule has 10 aromatic rings. The van der Waals surface area contributed by atoms with Crippen LogP contribution in [0.2, 0.25) is 0 Å². The van der Waals surface area contributed by atoms with E-state index >= 15 is 0 Å². The Balaban J connectivity index is 1.08. The van der Waals surface area contributed by atoms with Crippen LogP contribution in [0, 0.1) is 0 Å². The van der Waals surface area contributed by atoms with E-state index in [4.69, 9.17) is 9.41 Å². The van der Waals surface area contributed by atoms with Gasteiger partial charge in [0, 0.05) is 21.7 Å². The van der Waals surface area contributed by atoms with E-state index in [1.54, 1.807) is 0 Å². The first-order valence-corrected chi connectivity index (χ1v) is 18.9. The topological polar surface area (TPSA) is 49.6 Å². The van der Waals surface area contributed by atoms with E-state index in [1.807, 2.05) is 6.07 Å². The minimum atomic E-state index is -0.294. The summed E-state index contributed by atoms with van der Waals surface area (Å²) >= 11 is 0. The Kier molecular flexibility index (Phi) is 7.35. The number of aliphatic imine (C=N–C) groups is 1. The number of nitrogens with zero attached hydrogens (tertiary/aromatic N) is 1. The lowest BCUT2D eigenvalue weighted by molar-refractivity contribution is 0.409. The zero-order chi connectivity index (χ0) is 36.3.